The molecule has 2 saturated carbocycles. The molecular weight excluding hydrogens is 124 g/mol. The fraction of sp³-hybridized carbons (Fsp3) is 1.00. The minimum absolute atomic E-state index is 0.0590. The highest BCUT2D eigenvalue weighted by Crippen LogP contribution is 2.49. The molecule has 0 spiro atoms. The average molecular weight is 140 g/mol. The fourth-order valence-corrected chi connectivity index (χ4v) is 2.93. The number of aliphatic hydroxyl groups excluding tert-OH is 1. The summed E-state index contributed by atoms with van der Waals surface area (Å²) in [4.78, 5) is 0. The number of rotatable bonds is 1. The molecule has 0 amide bonds. The molecule has 0 aromatic carbocycles. The molecule has 4 atom stereocenters. The van der Waals surface area contributed by atoms with Crippen LogP contribution in [0.3, 0.4) is 0 Å². The quantitative estimate of drug-likeness (QED) is 0.589. The van der Waals surface area contributed by atoms with E-state index in [1.807, 2.05) is 0 Å². The van der Waals surface area contributed by atoms with Gasteiger partial charge in [0.05, 0.1) is 6.10 Å². The van der Waals surface area contributed by atoms with Gasteiger partial charge in [-0.05, 0) is 37.0 Å². The molecule has 0 saturated heterocycles. The van der Waals surface area contributed by atoms with Crippen LogP contribution >= 0.6 is 0 Å². The van der Waals surface area contributed by atoms with Crippen LogP contribution in [0.5, 0.6) is 0 Å². The maximum Gasteiger partial charge on any atom is 0.0573 e. The van der Waals surface area contributed by atoms with Gasteiger partial charge < -0.3 is 5.11 Å². The van der Waals surface area contributed by atoms with Crippen LogP contribution in [0.4, 0.5) is 0 Å². The molecular formula is C9H16O. The lowest BCUT2D eigenvalue weighted by molar-refractivity contribution is 0.0796. The molecule has 2 aliphatic carbocycles. The lowest BCUT2D eigenvalue weighted by atomic mass is 9.85. The van der Waals surface area contributed by atoms with Crippen LogP contribution in [-0.4, -0.2) is 11.2 Å². The Labute approximate surface area is 62.4 Å². The number of hydrogen-bond acceptors (Lipinski definition) is 1. The maximum absolute atomic E-state index is 9.52. The second-order valence-electron chi connectivity index (χ2n) is 3.97. The SMILES string of the molecule is CC[C@@H]1C[C@@H]2C[C@H]1[C@@H](O)C2. The predicted octanol–water partition coefficient (Wildman–Crippen LogP) is 1.80. The van der Waals surface area contributed by atoms with Crippen LogP contribution < -0.4 is 0 Å². The van der Waals surface area contributed by atoms with Gasteiger partial charge in [0, 0.05) is 0 Å². The van der Waals surface area contributed by atoms with Crippen molar-refractivity contribution in [2.24, 2.45) is 17.8 Å². The third-order valence-corrected chi connectivity index (χ3v) is 3.44. The van der Waals surface area contributed by atoms with E-state index in [4.69, 9.17) is 0 Å². The topological polar surface area (TPSA) is 20.2 Å². The van der Waals surface area contributed by atoms with Crippen LogP contribution in [0, 0.1) is 17.8 Å². The van der Waals surface area contributed by atoms with Gasteiger partial charge in [-0.3, -0.25) is 0 Å². The minimum atomic E-state index is 0.0590. The lowest BCUT2D eigenvalue weighted by Crippen LogP contribution is -2.23. The van der Waals surface area contributed by atoms with Crippen LogP contribution in [0.1, 0.15) is 32.6 Å². The molecule has 0 unspecified atom stereocenters. The summed E-state index contributed by atoms with van der Waals surface area (Å²) >= 11 is 0. The smallest absolute Gasteiger partial charge is 0.0573 e. The molecule has 0 aliphatic heterocycles. The van der Waals surface area contributed by atoms with E-state index < -0.39 is 0 Å². The Hall–Kier alpha value is -0.0400. The Bertz CT molecular complexity index is 131. The molecule has 0 heterocycles. The van der Waals surface area contributed by atoms with E-state index in [0.29, 0.717) is 5.92 Å². The normalized spacial score (nSPS) is 52.2. The van der Waals surface area contributed by atoms with Gasteiger partial charge in [-0.15, -0.1) is 0 Å². The van der Waals surface area contributed by atoms with Crippen molar-refractivity contribution < 1.29 is 5.11 Å². The zero-order chi connectivity index (χ0) is 7.14. The highest BCUT2D eigenvalue weighted by molar-refractivity contribution is 4.94. The van der Waals surface area contributed by atoms with Crippen LogP contribution in [0.25, 0.3) is 0 Å². The van der Waals surface area contributed by atoms with Crippen molar-refractivity contribution in [1.29, 1.82) is 0 Å². The number of fused-ring (bicyclic) bond motifs is 2. The molecule has 0 radical (unpaired) electrons. The van der Waals surface area contributed by atoms with E-state index in [1.165, 1.54) is 19.3 Å². The zero-order valence-corrected chi connectivity index (χ0v) is 6.59. The predicted molar refractivity (Wildman–Crippen MR) is 40.6 cm³/mol. The molecule has 58 valence electrons. The Morgan fingerprint density at radius 3 is 2.50 bits per heavy atom. The van der Waals surface area contributed by atoms with Crippen molar-refractivity contribution in [3.8, 4) is 0 Å². The van der Waals surface area contributed by atoms with Gasteiger partial charge in [0.1, 0.15) is 0 Å². The highest BCUT2D eigenvalue weighted by Gasteiger charge is 2.44. The lowest BCUT2D eigenvalue weighted by Gasteiger charge is -2.24. The Balaban J connectivity index is 2.06. The van der Waals surface area contributed by atoms with Crippen molar-refractivity contribution in [3.63, 3.8) is 0 Å². The van der Waals surface area contributed by atoms with Gasteiger partial charge in [0.2, 0.25) is 0 Å². The Morgan fingerprint density at radius 2 is 2.10 bits per heavy atom. The van der Waals surface area contributed by atoms with Gasteiger partial charge in [-0.25, -0.2) is 0 Å². The first kappa shape index (κ1) is 6.66. The average Bonchev–Trinajstić information content (AvgIpc) is 2.44. The second kappa shape index (κ2) is 2.23. The first-order valence-corrected chi connectivity index (χ1v) is 4.49. The first-order valence-electron chi connectivity index (χ1n) is 4.49. The van der Waals surface area contributed by atoms with Crippen molar-refractivity contribution in [2.45, 2.75) is 38.7 Å². The van der Waals surface area contributed by atoms with Crippen molar-refractivity contribution in [1.82, 2.24) is 0 Å². The monoisotopic (exact) mass is 140 g/mol. The van der Waals surface area contributed by atoms with Crippen LogP contribution in [0.2, 0.25) is 0 Å². The van der Waals surface area contributed by atoms with E-state index >= 15 is 0 Å². The maximum atomic E-state index is 9.52. The highest BCUT2D eigenvalue weighted by atomic mass is 16.3. The standard InChI is InChI=1S/C9H16O/c1-2-7-3-6-4-8(7)9(10)5-6/h6-10H,2-5H2,1H3/t6-,7-,8-,9+/m1/s1. The van der Waals surface area contributed by atoms with E-state index in [0.717, 1.165) is 18.3 Å². The van der Waals surface area contributed by atoms with Gasteiger partial charge in [0.25, 0.3) is 0 Å². The molecule has 1 heteroatoms. The third kappa shape index (κ3) is 0.800. The molecule has 2 rings (SSSR count). The van der Waals surface area contributed by atoms with Crippen molar-refractivity contribution in [2.75, 3.05) is 0 Å². The van der Waals surface area contributed by atoms with E-state index in [9.17, 15) is 5.11 Å². The zero-order valence-electron chi connectivity index (χ0n) is 6.59. The number of hydrogen-bond donors (Lipinski definition) is 1. The summed E-state index contributed by atoms with van der Waals surface area (Å²) in [5.41, 5.74) is 0. The minimum Gasteiger partial charge on any atom is -0.393 e. The molecule has 1 nitrogen and oxygen atoms in total. The molecule has 2 aliphatic rings. The fourth-order valence-electron chi connectivity index (χ4n) is 2.93. The molecule has 1 N–H and O–H groups in total. The van der Waals surface area contributed by atoms with Crippen LogP contribution in [0.15, 0.2) is 0 Å². The molecule has 10 heavy (non-hydrogen) atoms. The molecule has 2 fully saturated rings. The second-order valence-corrected chi connectivity index (χ2v) is 3.97. The van der Waals surface area contributed by atoms with E-state index in [1.54, 1.807) is 0 Å². The Kier molecular flexibility index (Phi) is 1.48. The molecule has 0 aromatic heterocycles. The summed E-state index contributed by atoms with van der Waals surface area (Å²) in [5, 5.41) is 9.52. The van der Waals surface area contributed by atoms with E-state index in [2.05, 4.69) is 6.92 Å². The van der Waals surface area contributed by atoms with Crippen LogP contribution in [-0.2, 0) is 0 Å². The first-order chi connectivity index (χ1) is 4.81. The van der Waals surface area contributed by atoms with Crippen molar-refractivity contribution in [3.05, 3.63) is 0 Å². The van der Waals surface area contributed by atoms with E-state index in [-0.39, 0.29) is 6.10 Å². The summed E-state index contributed by atoms with van der Waals surface area (Å²) in [6, 6.07) is 0. The largest absolute Gasteiger partial charge is 0.393 e. The van der Waals surface area contributed by atoms with Gasteiger partial charge in [0.15, 0.2) is 0 Å². The van der Waals surface area contributed by atoms with Gasteiger partial charge in [-0.1, -0.05) is 13.3 Å². The summed E-state index contributed by atoms with van der Waals surface area (Å²) < 4.78 is 0. The Morgan fingerprint density at radius 1 is 1.30 bits per heavy atom. The summed E-state index contributed by atoms with van der Waals surface area (Å²) in [5.74, 6) is 2.41. The van der Waals surface area contributed by atoms with Gasteiger partial charge >= 0.3 is 0 Å². The molecule has 2 bridgehead atoms. The summed E-state index contributed by atoms with van der Waals surface area (Å²) in [7, 11) is 0. The van der Waals surface area contributed by atoms with Crippen molar-refractivity contribution >= 4 is 0 Å². The van der Waals surface area contributed by atoms with Gasteiger partial charge in [-0.2, -0.15) is 0 Å². The third-order valence-electron chi connectivity index (χ3n) is 3.44. The summed E-state index contributed by atoms with van der Waals surface area (Å²) in [6.07, 6.45) is 5.15. The molecule has 0 aromatic rings. The number of aliphatic hydroxyl groups is 1. The summed E-state index contributed by atoms with van der Waals surface area (Å²) in [6.45, 7) is 2.25.